The molecular weight excluding hydrogens is 320 g/mol. The number of carbonyl (C=O) groups excluding carboxylic acids is 3. The van der Waals surface area contributed by atoms with Crippen LogP contribution < -0.4 is 10.2 Å². The Kier molecular flexibility index (Phi) is 6.33. The molecule has 1 N–H and O–H groups in total. The number of aryl methyl sites for hydroxylation is 1. The van der Waals surface area contributed by atoms with Gasteiger partial charge in [0.05, 0.1) is 5.92 Å². The number of hydrogen-bond donors (Lipinski definition) is 1. The molecule has 0 bridgehead atoms. The molecule has 1 aromatic rings. The number of ether oxygens (including phenoxy) is 1. The number of esters is 1. The molecule has 25 heavy (non-hydrogen) atoms. The van der Waals surface area contributed by atoms with Gasteiger partial charge in [-0.15, -0.1) is 6.58 Å². The molecule has 0 unspecified atom stereocenters. The van der Waals surface area contributed by atoms with Gasteiger partial charge < -0.3 is 15.0 Å². The first-order chi connectivity index (χ1) is 12.0. The summed E-state index contributed by atoms with van der Waals surface area (Å²) in [6.07, 6.45) is 1.66. The van der Waals surface area contributed by atoms with Gasteiger partial charge >= 0.3 is 5.97 Å². The third-order valence-electron chi connectivity index (χ3n) is 4.20. The number of carbonyl (C=O) groups is 3. The molecule has 0 spiro atoms. The van der Waals surface area contributed by atoms with Gasteiger partial charge in [-0.2, -0.15) is 0 Å². The molecule has 2 amide bonds. The third kappa shape index (κ3) is 4.68. The van der Waals surface area contributed by atoms with E-state index in [4.69, 9.17) is 4.74 Å². The predicted molar refractivity (Wildman–Crippen MR) is 95.0 cm³/mol. The smallest absolute Gasteiger partial charge is 0.312 e. The Balaban J connectivity index is 1.95. The highest BCUT2D eigenvalue weighted by Crippen LogP contribution is 2.26. The standard InChI is InChI=1S/C19H24N2O4/c1-4-10-20-18(23)13(3)25-19(24)15-11-17(22)21(12-15)16-8-6-14(5-2)7-9-16/h4,6-9,13,15H,1,5,10-12H2,2-3H3,(H,20,23)/t13-,15-/m1/s1. The van der Waals surface area contributed by atoms with Crippen LogP contribution in [-0.4, -0.2) is 37.0 Å². The summed E-state index contributed by atoms with van der Waals surface area (Å²) in [7, 11) is 0. The van der Waals surface area contributed by atoms with E-state index in [1.807, 2.05) is 24.3 Å². The highest BCUT2D eigenvalue weighted by molar-refractivity contribution is 5.99. The molecule has 1 aliphatic heterocycles. The largest absolute Gasteiger partial charge is 0.452 e. The van der Waals surface area contributed by atoms with Crippen molar-refractivity contribution in [1.82, 2.24) is 5.32 Å². The second kappa shape index (κ2) is 8.46. The monoisotopic (exact) mass is 344 g/mol. The Hall–Kier alpha value is -2.63. The SMILES string of the molecule is C=CCNC(=O)[C@@H](C)OC(=O)[C@@H]1CC(=O)N(c2ccc(CC)cc2)C1. The maximum Gasteiger partial charge on any atom is 0.312 e. The lowest BCUT2D eigenvalue weighted by molar-refractivity contribution is -0.158. The van der Waals surface area contributed by atoms with Crippen molar-refractivity contribution in [3.8, 4) is 0 Å². The van der Waals surface area contributed by atoms with Crippen LogP contribution in [0, 0.1) is 5.92 Å². The molecule has 1 saturated heterocycles. The molecule has 2 atom stereocenters. The summed E-state index contributed by atoms with van der Waals surface area (Å²) in [6, 6.07) is 7.71. The first kappa shape index (κ1) is 18.7. The first-order valence-corrected chi connectivity index (χ1v) is 8.44. The molecule has 0 aromatic heterocycles. The number of nitrogens with one attached hydrogen (secondary N) is 1. The molecular formula is C19H24N2O4. The maximum atomic E-state index is 12.3. The zero-order chi connectivity index (χ0) is 18.4. The van der Waals surface area contributed by atoms with E-state index < -0.39 is 18.0 Å². The molecule has 6 nitrogen and oxygen atoms in total. The number of anilines is 1. The fraction of sp³-hybridized carbons (Fsp3) is 0.421. The van der Waals surface area contributed by atoms with E-state index in [0.717, 1.165) is 12.1 Å². The van der Waals surface area contributed by atoms with E-state index in [1.54, 1.807) is 11.0 Å². The van der Waals surface area contributed by atoms with Crippen LogP contribution in [0.2, 0.25) is 0 Å². The average molecular weight is 344 g/mol. The summed E-state index contributed by atoms with van der Waals surface area (Å²) < 4.78 is 5.20. The van der Waals surface area contributed by atoms with Gasteiger partial charge in [0.15, 0.2) is 6.10 Å². The Labute approximate surface area is 147 Å². The summed E-state index contributed by atoms with van der Waals surface area (Å²) in [6.45, 7) is 7.66. The van der Waals surface area contributed by atoms with Crippen LogP contribution in [0.15, 0.2) is 36.9 Å². The number of benzene rings is 1. The lowest BCUT2D eigenvalue weighted by Crippen LogP contribution is -2.37. The Morgan fingerprint density at radius 3 is 2.68 bits per heavy atom. The molecule has 134 valence electrons. The third-order valence-corrected chi connectivity index (χ3v) is 4.20. The maximum absolute atomic E-state index is 12.3. The van der Waals surface area contributed by atoms with Crippen molar-refractivity contribution >= 4 is 23.5 Å². The normalized spacial score (nSPS) is 17.9. The number of hydrogen-bond acceptors (Lipinski definition) is 4. The van der Waals surface area contributed by atoms with Crippen LogP contribution in [0.25, 0.3) is 0 Å². The van der Waals surface area contributed by atoms with Gasteiger partial charge in [0, 0.05) is 25.2 Å². The van der Waals surface area contributed by atoms with Crippen LogP contribution in [0.3, 0.4) is 0 Å². The van der Waals surface area contributed by atoms with E-state index in [1.165, 1.54) is 12.5 Å². The van der Waals surface area contributed by atoms with E-state index in [0.29, 0.717) is 6.54 Å². The summed E-state index contributed by atoms with van der Waals surface area (Å²) in [5.41, 5.74) is 1.96. The fourth-order valence-corrected chi connectivity index (χ4v) is 2.67. The van der Waals surface area contributed by atoms with E-state index in [2.05, 4.69) is 18.8 Å². The van der Waals surface area contributed by atoms with Crippen LogP contribution in [0.5, 0.6) is 0 Å². The number of nitrogens with zero attached hydrogens (tertiary/aromatic N) is 1. The van der Waals surface area contributed by atoms with Gasteiger partial charge in [0.25, 0.3) is 5.91 Å². The minimum atomic E-state index is -0.902. The molecule has 0 saturated carbocycles. The van der Waals surface area contributed by atoms with Gasteiger partial charge in [0.1, 0.15) is 0 Å². The Morgan fingerprint density at radius 2 is 2.08 bits per heavy atom. The number of amides is 2. The van der Waals surface area contributed by atoms with E-state index >= 15 is 0 Å². The first-order valence-electron chi connectivity index (χ1n) is 8.44. The van der Waals surface area contributed by atoms with Crippen LogP contribution >= 0.6 is 0 Å². The van der Waals surface area contributed by atoms with Crippen molar-refractivity contribution < 1.29 is 19.1 Å². The molecule has 2 rings (SSSR count). The molecule has 1 aromatic carbocycles. The van der Waals surface area contributed by atoms with Gasteiger partial charge in [-0.05, 0) is 31.0 Å². The summed E-state index contributed by atoms with van der Waals surface area (Å²) in [4.78, 5) is 37.8. The molecule has 6 heteroatoms. The second-order valence-corrected chi connectivity index (χ2v) is 6.04. The molecule has 1 aliphatic rings. The van der Waals surface area contributed by atoms with Gasteiger partial charge in [0.2, 0.25) is 5.91 Å². The van der Waals surface area contributed by atoms with Gasteiger partial charge in [-0.25, -0.2) is 0 Å². The summed E-state index contributed by atoms with van der Waals surface area (Å²) in [5, 5.41) is 2.57. The van der Waals surface area contributed by atoms with Gasteiger partial charge in [-0.3, -0.25) is 14.4 Å². The fourth-order valence-electron chi connectivity index (χ4n) is 2.67. The van der Waals surface area contributed by atoms with Crippen molar-refractivity contribution in [3.05, 3.63) is 42.5 Å². The van der Waals surface area contributed by atoms with Crippen molar-refractivity contribution in [2.24, 2.45) is 5.92 Å². The lowest BCUT2D eigenvalue weighted by atomic mass is 10.1. The molecule has 0 aliphatic carbocycles. The van der Waals surface area contributed by atoms with Crippen molar-refractivity contribution in [1.29, 1.82) is 0 Å². The van der Waals surface area contributed by atoms with Crippen LogP contribution in [-0.2, 0) is 25.5 Å². The molecule has 1 fully saturated rings. The van der Waals surface area contributed by atoms with E-state index in [-0.39, 0.29) is 24.8 Å². The van der Waals surface area contributed by atoms with Crippen molar-refractivity contribution in [2.45, 2.75) is 32.8 Å². The topological polar surface area (TPSA) is 75.7 Å². The Morgan fingerprint density at radius 1 is 1.40 bits per heavy atom. The Bertz CT molecular complexity index is 654. The minimum Gasteiger partial charge on any atom is -0.452 e. The quantitative estimate of drug-likeness (QED) is 0.605. The zero-order valence-corrected chi connectivity index (χ0v) is 14.7. The molecule has 1 heterocycles. The lowest BCUT2D eigenvalue weighted by Gasteiger charge is -2.18. The second-order valence-electron chi connectivity index (χ2n) is 6.04. The summed E-state index contributed by atoms with van der Waals surface area (Å²) >= 11 is 0. The van der Waals surface area contributed by atoms with Crippen LogP contribution in [0.1, 0.15) is 25.8 Å². The highest BCUT2D eigenvalue weighted by Gasteiger charge is 2.37. The molecule has 0 radical (unpaired) electrons. The zero-order valence-electron chi connectivity index (χ0n) is 14.7. The van der Waals surface area contributed by atoms with Crippen LogP contribution in [0.4, 0.5) is 5.69 Å². The summed E-state index contributed by atoms with van der Waals surface area (Å²) in [5.74, 6) is -1.59. The predicted octanol–water partition coefficient (Wildman–Crippen LogP) is 1.84. The highest BCUT2D eigenvalue weighted by atomic mass is 16.5. The average Bonchev–Trinajstić information content (AvgIpc) is 3.01. The van der Waals surface area contributed by atoms with E-state index in [9.17, 15) is 14.4 Å². The minimum absolute atomic E-state index is 0.0926. The number of rotatable bonds is 7. The van der Waals surface area contributed by atoms with Gasteiger partial charge in [-0.1, -0.05) is 25.1 Å². The van der Waals surface area contributed by atoms with Crippen molar-refractivity contribution in [3.63, 3.8) is 0 Å². The van der Waals surface area contributed by atoms with Crippen molar-refractivity contribution in [2.75, 3.05) is 18.0 Å².